The quantitative estimate of drug-likeness (QED) is 0.920. The minimum absolute atomic E-state index is 0.446. The summed E-state index contributed by atoms with van der Waals surface area (Å²) in [5.74, 6) is 0. The predicted octanol–water partition coefficient (Wildman–Crippen LogP) is 2.56. The number of nitrogens with one attached hydrogen (secondary N) is 1. The van der Waals surface area contributed by atoms with Crippen molar-refractivity contribution in [2.24, 2.45) is 0 Å². The average Bonchev–Trinajstić information content (AvgIpc) is 3.11. The van der Waals surface area contributed by atoms with Crippen LogP contribution in [0.4, 0.5) is 0 Å². The fraction of sp³-hybridized carbons (Fsp3) is 0.333. The third-order valence-electron chi connectivity index (χ3n) is 3.67. The Morgan fingerprint density at radius 3 is 2.48 bits per heavy atom. The highest BCUT2D eigenvalue weighted by Crippen LogP contribution is 2.31. The fourth-order valence-corrected chi connectivity index (χ4v) is 5.32. The predicted molar refractivity (Wildman–Crippen MR) is 84.6 cm³/mol. The fourth-order valence-electron chi connectivity index (χ4n) is 2.54. The maximum absolute atomic E-state index is 12.9. The van der Waals surface area contributed by atoms with Crippen LogP contribution in [0.15, 0.2) is 40.6 Å². The van der Waals surface area contributed by atoms with Gasteiger partial charge in [-0.2, -0.15) is 4.31 Å². The number of nitrogens with zero attached hydrogens (tertiary/aromatic N) is 1. The van der Waals surface area contributed by atoms with Crippen LogP contribution in [0.1, 0.15) is 22.9 Å². The molecule has 3 rings (SSSR count). The molecule has 0 unspecified atom stereocenters. The molecule has 1 aliphatic heterocycles. The molecule has 112 valence electrons. The second-order valence-electron chi connectivity index (χ2n) is 5.03. The normalized spacial score (nSPS) is 15.3. The number of fused-ring (bicyclic) bond motifs is 1. The largest absolute Gasteiger partial charge is 0.312 e. The lowest BCUT2D eigenvalue weighted by Crippen LogP contribution is -2.26. The van der Waals surface area contributed by atoms with E-state index in [0.717, 1.165) is 22.5 Å². The van der Waals surface area contributed by atoms with Crippen LogP contribution in [0.2, 0.25) is 0 Å². The van der Waals surface area contributed by atoms with E-state index in [0.29, 0.717) is 24.5 Å². The van der Waals surface area contributed by atoms with E-state index in [1.165, 1.54) is 11.3 Å². The lowest BCUT2D eigenvalue weighted by Gasteiger charge is -2.16. The zero-order chi connectivity index (χ0) is 14.9. The Morgan fingerprint density at radius 1 is 1.19 bits per heavy atom. The first kappa shape index (κ1) is 14.7. The molecule has 1 aliphatic rings. The molecule has 0 aliphatic carbocycles. The first-order chi connectivity index (χ1) is 10.1. The molecule has 1 aromatic carbocycles. The standard InChI is InChI=1S/C15H18N2O2S2/c1-2-16-9-14-15(7-8-20-14)21(18,19)17-10-12-5-3-4-6-13(12)11-17/h3-8,16H,2,9-11H2,1H3. The topological polar surface area (TPSA) is 49.4 Å². The van der Waals surface area contributed by atoms with E-state index in [1.54, 1.807) is 10.4 Å². The van der Waals surface area contributed by atoms with Crippen LogP contribution in [-0.2, 0) is 29.7 Å². The SMILES string of the molecule is CCNCc1sccc1S(=O)(=O)N1Cc2ccccc2C1. The lowest BCUT2D eigenvalue weighted by atomic mass is 10.1. The smallest absolute Gasteiger partial charge is 0.244 e. The van der Waals surface area contributed by atoms with Crippen LogP contribution in [0, 0.1) is 0 Å². The van der Waals surface area contributed by atoms with Gasteiger partial charge in [0.2, 0.25) is 10.0 Å². The molecule has 2 heterocycles. The van der Waals surface area contributed by atoms with Crippen molar-refractivity contribution in [3.05, 3.63) is 51.7 Å². The molecule has 1 N–H and O–H groups in total. The Kier molecular flexibility index (Phi) is 4.12. The van der Waals surface area contributed by atoms with E-state index in [2.05, 4.69) is 5.32 Å². The van der Waals surface area contributed by atoms with Gasteiger partial charge in [-0.1, -0.05) is 31.2 Å². The van der Waals surface area contributed by atoms with Gasteiger partial charge in [0.25, 0.3) is 0 Å². The summed E-state index contributed by atoms with van der Waals surface area (Å²) in [6, 6.07) is 9.62. The molecule has 6 heteroatoms. The van der Waals surface area contributed by atoms with Crippen LogP contribution >= 0.6 is 11.3 Å². The Morgan fingerprint density at radius 2 is 1.86 bits per heavy atom. The lowest BCUT2D eigenvalue weighted by molar-refractivity contribution is 0.431. The second-order valence-corrected chi connectivity index (χ2v) is 7.94. The Bertz CT molecular complexity index is 713. The highest BCUT2D eigenvalue weighted by Gasteiger charge is 2.32. The van der Waals surface area contributed by atoms with Gasteiger partial charge in [0.1, 0.15) is 0 Å². The van der Waals surface area contributed by atoms with Crippen molar-refractivity contribution in [1.29, 1.82) is 0 Å². The third-order valence-corrected chi connectivity index (χ3v) is 6.60. The molecule has 21 heavy (non-hydrogen) atoms. The summed E-state index contributed by atoms with van der Waals surface area (Å²) in [5, 5.41) is 5.05. The molecule has 0 bridgehead atoms. The van der Waals surface area contributed by atoms with E-state index in [4.69, 9.17) is 0 Å². The molecular formula is C15H18N2O2S2. The van der Waals surface area contributed by atoms with Gasteiger partial charge in [0.05, 0.1) is 4.90 Å². The van der Waals surface area contributed by atoms with Crippen molar-refractivity contribution in [2.45, 2.75) is 31.5 Å². The maximum atomic E-state index is 12.9. The molecule has 1 aromatic heterocycles. The van der Waals surface area contributed by atoms with Crippen molar-refractivity contribution < 1.29 is 8.42 Å². The summed E-state index contributed by atoms with van der Waals surface area (Å²) in [6.07, 6.45) is 0. The first-order valence-corrected chi connectivity index (χ1v) is 9.29. The van der Waals surface area contributed by atoms with Gasteiger partial charge in [0.15, 0.2) is 0 Å². The Balaban J connectivity index is 1.87. The summed E-state index contributed by atoms with van der Waals surface area (Å²) in [7, 11) is -3.42. The van der Waals surface area contributed by atoms with Crippen LogP contribution in [0.3, 0.4) is 0 Å². The molecule has 4 nitrogen and oxygen atoms in total. The molecule has 0 spiro atoms. The van der Waals surface area contributed by atoms with Crippen LogP contribution in [0.5, 0.6) is 0 Å². The summed E-state index contributed by atoms with van der Waals surface area (Å²) in [4.78, 5) is 1.33. The van der Waals surface area contributed by atoms with Gasteiger partial charge in [0, 0.05) is 24.5 Å². The molecule has 0 saturated heterocycles. The summed E-state index contributed by atoms with van der Waals surface area (Å²) >= 11 is 1.49. The van der Waals surface area contributed by atoms with Gasteiger partial charge in [-0.15, -0.1) is 11.3 Å². The Hall–Kier alpha value is -1.21. The second kappa shape index (κ2) is 5.88. The summed E-state index contributed by atoms with van der Waals surface area (Å²) < 4.78 is 27.3. The average molecular weight is 322 g/mol. The van der Waals surface area contributed by atoms with Gasteiger partial charge < -0.3 is 5.32 Å². The Labute approximate surface area is 129 Å². The zero-order valence-electron chi connectivity index (χ0n) is 11.9. The molecule has 0 amide bonds. The van der Waals surface area contributed by atoms with Crippen molar-refractivity contribution >= 4 is 21.4 Å². The monoisotopic (exact) mass is 322 g/mol. The van der Waals surface area contributed by atoms with Gasteiger partial charge in [-0.05, 0) is 29.1 Å². The van der Waals surface area contributed by atoms with Crippen molar-refractivity contribution in [1.82, 2.24) is 9.62 Å². The number of hydrogen-bond donors (Lipinski definition) is 1. The van der Waals surface area contributed by atoms with Crippen LogP contribution < -0.4 is 5.32 Å². The van der Waals surface area contributed by atoms with Gasteiger partial charge in [-0.25, -0.2) is 8.42 Å². The van der Waals surface area contributed by atoms with E-state index in [9.17, 15) is 8.42 Å². The van der Waals surface area contributed by atoms with Crippen molar-refractivity contribution in [3.8, 4) is 0 Å². The highest BCUT2D eigenvalue weighted by atomic mass is 32.2. The molecular weight excluding hydrogens is 304 g/mol. The number of benzene rings is 1. The van der Waals surface area contributed by atoms with Crippen molar-refractivity contribution in [2.75, 3.05) is 6.54 Å². The number of sulfonamides is 1. The van der Waals surface area contributed by atoms with E-state index in [1.807, 2.05) is 36.6 Å². The van der Waals surface area contributed by atoms with Crippen LogP contribution in [-0.4, -0.2) is 19.3 Å². The minimum atomic E-state index is -3.42. The number of hydrogen-bond acceptors (Lipinski definition) is 4. The molecule has 0 saturated carbocycles. The summed E-state index contributed by atoms with van der Waals surface area (Å²) in [6.45, 7) is 4.37. The minimum Gasteiger partial charge on any atom is -0.312 e. The number of thiophene rings is 1. The maximum Gasteiger partial charge on any atom is 0.244 e. The molecule has 0 atom stereocenters. The summed E-state index contributed by atoms with van der Waals surface area (Å²) in [5.41, 5.74) is 2.20. The van der Waals surface area contributed by atoms with E-state index < -0.39 is 10.0 Å². The third kappa shape index (κ3) is 2.76. The molecule has 0 fully saturated rings. The highest BCUT2D eigenvalue weighted by molar-refractivity contribution is 7.89. The van der Waals surface area contributed by atoms with Crippen molar-refractivity contribution in [3.63, 3.8) is 0 Å². The van der Waals surface area contributed by atoms with Gasteiger partial charge >= 0.3 is 0 Å². The molecule has 2 aromatic rings. The van der Waals surface area contributed by atoms with Crippen LogP contribution in [0.25, 0.3) is 0 Å². The van der Waals surface area contributed by atoms with E-state index >= 15 is 0 Å². The van der Waals surface area contributed by atoms with Gasteiger partial charge in [-0.3, -0.25) is 0 Å². The zero-order valence-corrected chi connectivity index (χ0v) is 13.5. The molecule has 0 radical (unpaired) electrons. The van der Waals surface area contributed by atoms with E-state index in [-0.39, 0.29) is 0 Å². The first-order valence-electron chi connectivity index (χ1n) is 6.97. The number of rotatable bonds is 5.